The maximum atomic E-state index is 11.4. The van der Waals surface area contributed by atoms with Gasteiger partial charge in [0.1, 0.15) is 0 Å². The van der Waals surface area contributed by atoms with Gasteiger partial charge in [-0.25, -0.2) is 0 Å². The molecule has 0 aliphatic rings. The summed E-state index contributed by atoms with van der Waals surface area (Å²) < 4.78 is 0. The second kappa shape index (κ2) is 7.48. The van der Waals surface area contributed by atoms with E-state index in [2.05, 4.69) is 5.32 Å². The maximum Gasteiger partial charge on any atom is 0.220 e. The molecule has 1 unspecified atom stereocenters. The molecule has 112 valence electrons. The molecule has 0 aliphatic heterocycles. The first-order chi connectivity index (χ1) is 8.59. The van der Waals surface area contributed by atoms with Gasteiger partial charge in [0.2, 0.25) is 12.3 Å². The molecular formula is C14H28N2O3. The molecule has 0 aromatic rings. The summed E-state index contributed by atoms with van der Waals surface area (Å²) in [6.07, 6.45) is 1.97. The topological polar surface area (TPSA) is 69.6 Å². The number of hydrogen-bond acceptors (Lipinski definition) is 3. The van der Waals surface area contributed by atoms with Crippen LogP contribution in [0.2, 0.25) is 0 Å². The number of hydrogen-bond donors (Lipinski definition) is 2. The van der Waals surface area contributed by atoms with E-state index in [-0.39, 0.29) is 24.4 Å². The molecule has 0 radical (unpaired) electrons. The third-order valence-electron chi connectivity index (χ3n) is 2.51. The van der Waals surface area contributed by atoms with Gasteiger partial charge >= 0.3 is 0 Å². The highest BCUT2D eigenvalue weighted by Crippen LogP contribution is 2.16. The van der Waals surface area contributed by atoms with E-state index in [4.69, 9.17) is 0 Å². The van der Waals surface area contributed by atoms with Gasteiger partial charge in [-0.15, -0.1) is 0 Å². The van der Waals surface area contributed by atoms with E-state index in [0.717, 1.165) is 12.8 Å². The molecule has 0 bridgehead atoms. The molecule has 0 aliphatic carbocycles. The lowest BCUT2D eigenvalue weighted by Crippen LogP contribution is -2.49. The van der Waals surface area contributed by atoms with Gasteiger partial charge < -0.3 is 15.3 Å². The Balaban J connectivity index is 4.32. The zero-order chi connectivity index (χ0) is 15.1. The van der Waals surface area contributed by atoms with E-state index < -0.39 is 5.60 Å². The van der Waals surface area contributed by atoms with Crippen LogP contribution in [0.3, 0.4) is 0 Å². The molecule has 0 saturated heterocycles. The molecule has 2 amide bonds. The Labute approximate surface area is 116 Å². The highest BCUT2D eigenvalue weighted by Gasteiger charge is 2.26. The highest BCUT2D eigenvalue weighted by atomic mass is 16.3. The summed E-state index contributed by atoms with van der Waals surface area (Å²) in [5.41, 5.74) is -1.14. The van der Waals surface area contributed by atoms with Crippen LogP contribution in [0, 0.1) is 5.41 Å². The van der Waals surface area contributed by atoms with Crippen LogP contribution in [0.5, 0.6) is 0 Å². The summed E-state index contributed by atoms with van der Waals surface area (Å²) in [7, 11) is 0. The molecule has 0 saturated carbocycles. The zero-order valence-corrected chi connectivity index (χ0v) is 12.8. The predicted octanol–water partition coefficient (Wildman–Crippen LogP) is 1.16. The van der Waals surface area contributed by atoms with Crippen molar-refractivity contribution in [2.75, 3.05) is 19.6 Å². The van der Waals surface area contributed by atoms with E-state index in [1.54, 1.807) is 11.8 Å². The summed E-state index contributed by atoms with van der Waals surface area (Å²) in [5, 5.41) is 12.9. The average molecular weight is 272 g/mol. The van der Waals surface area contributed by atoms with Crippen molar-refractivity contribution in [1.29, 1.82) is 0 Å². The van der Waals surface area contributed by atoms with Crippen molar-refractivity contribution in [3.8, 4) is 0 Å². The highest BCUT2D eigenvalue weighted by molar-refractivity contribution is 5.75. The first-order valence-corrected chi connectivity index (χ1v) is 6.78. The number of amides is 2. The number of nitrogens with one attached hydrogen (secondary N) is 1. The molecule has 5 heteroatoms. The van der Waals surface area contributed by atoms with Crippen molar-refractivity contribution in [2.24, 2.45) is 5.41 Å². The van der Waals surface area contributed by atoms with Crippen LogP contribution >= 0.6 is 0 Å². The van der Waals surface area contributed by atoms with Crippen LogP contribution in [0.15, 0.2) is 0 Å². The van der Waals surface area contributed by atoms with Gasteiger partial charge in [0.05, 0.1) is 12.1 Å². The zero-order valence-electron chi connectivity index (χ0n) is 12.8. The first-order valence-electron chi connectivity index (χ1n) is 6.78. The SMILES string of the molecule is CCCC(=O)NCC(C)(O)CN(C=O)CC(C)(C)C. The number of carbonyl (C=O) groups excluding carboxylic acids is 2. The molecule has 0 rings (SSSR count). The standard InChI is InChI=1S/C14H28N2O3/c1-6-7-12(18)15-8-14(5,19)10-16(11-17)9-13(2,3)4/h11,19H,6-10H2,1-5H3,(H,15,18). The molecule has 0 spiro atoms. The first kappa shape index (κ1) is 17.9. The third-order valence-corrected chi connectivity index (χ3v) is 2.51. The van der Waals surface area contributed by atoms with Gasteiger partial charge in [0.15, 0.2) is 0 Å². The normalized spacial score (nSPS) is 14.6. The summed E-state index contributed by atoms with van der Waals surface area (Å²) in [4.78, 5) is 23.9. The van der Waals surface area contributed by atoms with Gasteiger partial charge in [0, 0.05) is 19.5 Å². The summed E-state index contributed by atoms with van der Waals surface area (Å²) in [6, 6.07) is 0. The second-order valence-electron chi connectivity index (χ2n) is 6.59. The molecule has 2 N–H and O–H groups in total. The Morgan fingerprint density at radius 1 is 1.26 bits per heavy atom. The van der Waals surface area contributed by atoms with Crippen molar-refractivity contribution in [3.63, 3.8) is 0 Å². The van der Waals surface area contributed by atoms with E-state index >= 15 is 0 Å². The number of carbonyl (C=O) groups is 2. The smallest absolute Gasteiger partial charge is 0.220 e. The molecule has 0 aromatic heterocycles. The fraction of sp³-hybridized carbons (Fsp3) is 0.857. The number of aliphatic hydroxyl groups is 1. The summed E-state index contributed by atoms with van der Waals surface area (Å²) in [6.45, 7) is 10.6. The van der Waals surface area contributed by atoms with Crippen LogP contribution in [-0.4, -0.2) is 47.6 Å². The van der Waals surface area contributed by atoms with Gasteiger partial charge in [0.25, 0.3) is 0 Å². The summed E-state index contributed by atoms with van der Waals surface area (Å²) in [5.74, 6) is -0.0729. The predicted molar refractivity (Wildman–Crippen MR) is 75.6 cm³/mol. The third kappa shape index (κ3) is 9.47. The van der Waals surface area contributed by atoms with Gasteiger partial charge in [-0.1, -0.05) is 27.7 Å². The van der Waals surface area contributed by atoms with Crippen molar-refractivity contribution >= 4 is 12.3 Å². The van der Waals surface area contributed by atoms with Gasteiger partial charge in [-0.05, 0) is 18.8 Å². The Hall–Kier alpha value is -1.10. The largest absolute Gasteiger partial charge is 0.386 e. The number of rotatable bonds is 8. The van der Waals surface area contributed by atoms with Crippen molar-refractivity contribution in [1.82, 2.24) is 10.2 Å². The van der Waals surface area contributed by atoms with Crippen molar-refractivity contribution in [2.45, 2.75) is 53.1 Å². The maximum absolute atomic E-state index is 11.4. The molecule has 5 nitrogen and oxygen atoms in total. The Bertz CT molecular complexity index is 296. The lowest BCUT2D eigenvalue weighted by molar-refractivity contribution is -0.124. The van der Waals surface area contributed by atoms with Crippen molar-refractivity contribution in [3.05, 3.63) is 0 Å². The van der Waals surface area contributed by atoms with Crippen LogP contribution in [0.1, 0.15) is 47.5 Å². The van der Waals surface area contributed by atoms with Gasteiger partial charge in [-0.2, -0.15) is 0 Å². The molecule has 19 heavy (non-hydrogen) atoms. The van der Waals surface area contributed by atoms with Crippen LogP contribution < -0.4 is 5.32 Å². The average Bonchev–Trinajstić information content (AvgIpc) is 2.24. The molecule has 0 aromatic carbocycles. The minimum Gasteiger partial charge on any atom is -0.386 e. The minimum absolute atomic E-state index is 0.0253. The Morgan fingerprint density at radius 2 is 1.84 bits per heavy atom. The molecule has 0 heterocycles. The second-order valence-corrected chi connectivity index (χ2v) is 6.59. The molecule has 1 atom stereocenters. The van der Waals surface area contributed by atoms with Crippen LogP contribution in [0.25, 0.3) is 0 Å². The van der Waals surface area contributed by atoms with Crippen molar-refractivity contribution < 1.29 is 14.7 Å². The van der Waals surface area contributed by atoms with E-state index in [1.807, 2.05) is 27.7 Å². The van der Waals surface area contributed by atoms with Gasteiger partial charge in [-0.3, -0.25) is 9.59 Å². The van der Waals surface area contributed by atoms with Crippen LogP contribution in [0.4, 0.5) is 0 Å². The van der Waals surface area contributed by atoms with Crippen LogP contribution in [-0.2, 0) is 9.59 Å². The Morgan fingerprint density at radius 3 is 2.26 bits per heavy atom. The lowest BCUT2D eigenvalue weighted by Gasteiger charge is -2.33. The lowest BCUT2D eigenvalue weighted by atomic mass is 9.95. The quantitative estimate of drug-likeness (QED) is 0.651. The fourth-order valence-corrected chi connectivity index (χ4v) is 1.84. The van der Waals surface area contributed by atoms with E-state index in [9.17, 15) is 14.7 Å². The monoisotopic (exact) mass is 272 g/mol. The molecular weight excluding hydrogens is 244 g/mol. The van der Waals surface area contributed by atoms with E-state index in [0.29, 0.717) is 13.0 Å². The Kier molecular flexibility index (Phi) is 7.05. The minimum atomic E-state index is -1.12. The number of nitrogens with zero attached hydrogens (tertiary/aromatic N) is 1. The summed E-state index contributed by atoms with van der Waals surface area (Å²) >= 11 is 0. The van der Waals surface area contributed by atoms with E-state index in [1.165, 1.54) is 0 Å². The molecule has 0 fully saturated rings. The fourth-order valence-electron chi connectivity index (χ4n) is 1.84.